The summed E-state index contributed by atoms with van der Waals surface area (Å²) in [4.78, 5) is 5.23. The molecule has 0 aromatic heterocycles. The topological polar surface area (TPSA) is 15.7 Å². The van der Waals surface area contributed by atoms with Gasteiger partial charge in [0, 0.05) is 45.9 Å². The van der Waals surface area contributed by atoms with Gasteiger partial charge in [-0.1, -0.05) is 30.3 Å². The second kappa shape index (κ2) is 7.21. The molecule has 3 heteroatoms. The van der Waals surface area contributed by atoms with Gasteiger partial charge >= 0.3 is 0 Å². The Kier molecular flexibility index (Phi) is 5.06. The highest BCUT2D eigenvalue weighted by molar-refractivity contribution is 5.14. The van der Waals surface area contributed by atoms with Gasteiger partial charge in [-0.3, -0.25) is 0 Å². The number of hydrogen-bond donors (Lipinski definition) is 0. The van der Waals surface area contributed by atoms with Gasteiger partial charge < -0.3 is 14.5 Å². The zero-order valence-electron chi connectivity index (χ0n) is 12.3. The molecule has 0 spiro atoms. The van der Waals surface area contributed by atoms with Gasteiger partial charge in [0.1, 0.15) is 0 Å². The van der Waals surface area contributed by atoms with E-state index in [2.05, 4.69) is 40.1 Å². The SMILES string of the molecule is c1ccc(CCN2CCN(CC3CCOC3)CC2)cc1. The van der Waals surface area contributed by atoms with Crippen molar-refractivity contribution < 1.29 is 4.74 Å². The van der Waals surface area contributed by atoms with Crippen LogP contribution in [0.2, 0.25) is 0 Å². The van der Waals surface area contributed by atoms with Crippen LogP contribution in [-0.4, -0.2) is 62.3 Å². The van der Waals surface area contributed by atoms with Crippen LogP contribution in [0.5, 0.6) is 0 Å². The maximum absolute atomic E-state index is 5.47. The lowest BCUT2D eigenvalue weighted by molar-refractivity contribution is 0.111. The van der Waals surface area contributed by atoms with Crippen molar-refractivity contribution in [2.24, 2.45) is 5.92 Å². The Hall–Kier alpha value is -0.900. The van der Waals surface area contributed by atoms with Crippen LogP contribution in [0.15, 0.2) is 30.3 Å². The first-order chi connectivity index (χ1) is 9.90. The molecule has 2 aliphatic heterocycles. The lowest BCUT2D eigenvalue weighted by atomic mass is 10.1. The molecule has 2 fully saturated rings. The minimum Gasteiger partial charge on any atom is -0.381 e. The molecule has 3 rings (SSSR count). The summed E-state index contributed by atoms with van der Waals surface area (Å²) in [6, 6.07) is 10.8. The van der Waals surface area contributed by atoms with Crippen molar-refractivity contribution in [3.05, 3.63) is 35.9 Å². The third kappa shape index (κ3) is 4.05. The van der Waals surface area contributed by atoms with Gasteiger partial charge in [0.05, 0.1) is 6.61 Å². The van der Waals surface area contributed by atoms with Gasteiger partial charge in [0.2, 0.25) is 0 Å². The average molecular weight is 274 g/mol. The van der Waals surface area contributed by atoms with Crippen LogP contribution in [0.25, 0.3) is 0 Å². The number of benzene rings is 1. The molecule has 1 atom stereocenters. The molecular formula is C17H26N2O. The van der Waals surface area contributed by atoms with Crippen molar-refractivity contribution >= 4 is 0 Å². The number of nitrogens with zero attached hydrogens (tertiary/aromatic N) is 2. The second-order valence-corrected chi connectivity index (χ2v) is 6.11. The van der Waals surface area contributed by atoms with Crippen molar-refractivity contribution in [3.63, 3.8) is 0 Å². The Morgan fingerprint density at radius 3 is 2.45 bits per heavy atom. The van der Waals surface area contributed by atoms with Crippen LogP contribution >= 0.6 is 0 Å². The lowest BCUT2D eigenvalue weighted by Gasteiger charge is -2.35. The van der Waals surface area contributed by atoms with E-state index in [4.69, 9.17) is 4.74 Å². The van der Waals surface area contributed by atoms with E-state index >= 15 is 0 Å². The molecule has 1 aromatic rings. The summed E-state index contributed by atoms with van der Waals surface area (Å²) >= 11 is 0. The zero-order chi connectivity index (χ0) is 13.6. The van der Waals surface area contributed by atoms with Crippen LogP contribution in [-0.2, 0) is 11.2 Å². The molecule has 0 N–H and O–H groups in total. The van der Waals surface area contributed by atoms with Crippen molar-refractivity contribution in [2.75, 3.05) is 52.5 Å². The monoisotopic (exact) mass is 274 g/mol. The maximum atomic E-state index is 5.47. The van der Waals surface area contributed by atoms with Crippen molar-refractivity contribution in [3.8, 4) is 0 Å². The Morgan fingerprint density at radius 2 is 1.75 bits per heavy atom. The normalized spacial score (nSPS) is 25.1. The van der Waals surface area contributed by atoms with E-state index in [1.165, 1.54) is 57.7 Å². The molecule has 2 aliphatic rings. The van der Waals surface area contributed by atoms with Gasteiger partial charge in [-0.15, -0.1) is 0 Å². The Balaban J connectivity index is 1.35. The molecule has 1 unspecified atom stereocenters. The molecule has 3 nitrogen and oxygen atoms in total. The zero-order valence-corrected chi connectivity index (χ0v) is 12.3. The van der Waals surface area contributed by atoms with E-state index in [1.54, 1.807) is 0 Å². The predicted octanol–water partition coefficient (Wildman–Crippen LogP) is 1.88. The summed E-state index contributed by atoms with van der Waals surface area (Å²) in [7, 11) is 0. The van der Waals surface area contributed by atoms with E-state index in [-0.39, 0.29) is 0 Å². The molecule has 2 heterocycles. The maximum Gasteiger partial charge on any atom is 0.0507 e. The summed E-state index contributed by atoms with van der Waals surface area (Å²) in [5.74, 6) is 0.783. The van der Waals surface area contributed by atoms with E-state index in [9.17, 15) is 0 Å². The first-order valence-corrected chi connectivity index (χ1v) is 7.96. The molecule has 0 aliphatic carbocycles. The Bertz CT molecular complexity index is 381. The highest BCUT2D eigenvalue weighted by Crippen LogP contribution is 2.15. The number of ether oxygens (including phenoxy) is 1. The highest BCUT2D eigenvalue weighted by Gasteiger charge is 2.22. The summed E-state index contributed by atoms with van der Waals surface area (Å²) in [5, 5.41) is 0. The van der Waals surface area contributed by atoms with Crippen molar-refractivity contribution in [1.82, 2.24) is 9.80 Å². The molecule has 0 saturated carbocycles. The van der Waals surface area contributed by atoms with Crippen molar-refractivity contribution in [1.29, 1.82) is 0 Å². The molecule has 0 bridgehead atoms. The molecular weight excluding hydrogens is 248 g/mol. The Labute approximate surface area is 122 Å². The molecule has 0 radical (unpaired) electrons. The van der Waals surface area contributed by atoms with Crippen LogP contribution < -0.4 is 0 Å². The largest absolute Gasteiger partial charge is 0.381 e. The quantitative estimate of drug-likeness (QED) is 0.815. The number of piperazine rings is 1. The van der Waals surface area contributed by atoms with Gasteiger partial charge in [-0.05, 0) is 24.3 Å². The predicted molar refractivity (Wildman–Crippen MR) is 82.0 cm³/mol. The minimum absolute atomic E-state index is 0.783. The third-order valence-corrected chi connectivity index (χ3v) is 4.56. The van der Waals surface area contributed by atoms with Crippen LogP contribution in [0.4, 0.5) is 0 Å². The second-order valence-electron chi connectivity index (χ2n) is 6.11. The van der Waals surface area contributed by atoms with Crippen LogP contribution in [0.1, 0.15) is 12.0 Å². The van der Waals surface area contributed by atoms with E-state index in [0.717, 1.165) is 19.1 Å². The minimum atomic E-state index is 0.783. The first-order valence-electron chi connectivity index (χ1n) is 7.96. The summed E-state index contributed by atoms with van der Waals surface area (Å²) in [5.41, 5.74) is 1.46. The third-order valence-electron chi connectivity index (χ3n) is 4.56. The van der Waals surface area contributed by atoms with E-state index in [0.29, 0.717) is 0 Å². The summed E-state index contributed by atoms with van der Waals surface area (Å²) in [6.45, 7) is 9.30. The molecule has 1 aromatic carbocycles. The summed E-state index contributed by atoms with van der Waals surface area (Å²) in [6.07, 6.45) is 2.44. The number of hydrogen-bond acceptors (Lipinski definition) is 3. The van der Waals surface area contributed by atoms with Gasteiger partial charge in [-0.2, -0.15) is 0 Å². The highest BCUT2D eigenvalue weighted by atomic mass is 16.5. The van der Waals surface area contributed by atoms with Crippen LogP contribution in [0, 0.1) is 5.92 Å². The smallest absolute Gasteiger partial charge is 0.0507 e. The van der Waals surface area contributed by atoms with Gasteiger partial charge in [-0.25, -0.2) is 0 Å². The molecule has 0 amide bonds. The average Bonchev–Trinajstić information content (AvgIpc) is 3.01. The summed E-state index contributed by atoms with van der Waals surface area (Å²) < 4.78 is 5.47. The van der Waals surface area contributed by atoms with E-state index < -0.39 is 0 Å². The van der Waals surface area contributed by atoms with Gasteiger partial charge in [0.25, 0.3) is 0 Å². The first kappa shape index (κ1) is 14.1. The van der Waals surface area contributed by atoms with Crippen LogP contribution in [0.3, 0.4) is 0 Å². The molecule has 2 saturated heterocycles. The fraction of sp³-hybridized carbons (Fsp3) is 0.647. The van der Waals surface area contributed by atoms with Crippen molar-refractivity contribution in [2.45, 2.75) is 12.8 Å². The molecule has 110 valence electrons. The Morgan fingerprint density at radius 1 is 1.00 bits per heavy atom. The number of rotatable bonds is 5. The standard InChI is InChI=1S/C17H26N2O/c1-2-4-16(5-3-1)6-8-18-9-11-19(12-10-18)14-17-7-13-20-15-17/h1-5,17H,6-15H2. The molecule has 20 heavy (non-hydrogen) atoms. The fourth-order valence-electron chi connectivity index (χ4n) is 3.22. The van der Waals surface area contributed by atoms with Gasteiger partial charge in [0.15, 0.2) is 0 Å². The van der Waals surface area contributed by atoms with E-state index in [1.807, 2.05) is 0 Å². The lowest BCUT2D eigenvalue weighted by Crippen LogP contribution is -2.48. The fourth-order valence-corrected chi connectivity index (χ4v) is 3.22.